The van der Waals surface area contributed by atoms with E-state index >= 15 is 0 Å². The molecule has 1 aromatic rings. The number of benzene rings is 1. The minimum Gasteiger partial charge on any atom is -0.494 e. The monoisotopic (exact) mass is 367 g/mol. The summed E-state index contributed by atoms with van der Waals surface area (Å²) in [4.78, 5) is 14.7. The second-order valence-electron chi connectivity index (χ2n) is 7.13. The van der Waals surface area contributed by atoms with Crippen LogP contribution in [0.1, 0.15) is 50.4 Å². The molecule has 0 radical (unpaired) electrons. The first-order chi connectivity index (χ1) is 11.8. The number of carbonyl (C=O) groups excluding carboxylic acids is 1. The van der Waals surface area contributed by atoms with Crippen LogP contribution >= 0.6 is 0 Å². The quantitative estimate of drug-likeness (QED) is 0.662. The Balaban J connectivity index is 2.10. The average Bonchev–Trinajstić information content (AvgIpc) is 2.92. The van der Waals surface area contributed by atoms with Crippen molar-refractivity contribution in [3.05, 3.63) is 29.8 Å². The van der Waals surface area contributed by atoms with Crippen LogP contribution in [0.4, 0.5) is 0 Å². The zero-order valence-electron chi connectivity index (χ0n) is 15.4. The number of nitrogens with zero attached hydrogens (tertiary/aromatic N) is 1. The van der Waals surface area contributed by atoms with Gasteiger partial charge < -0.3 is 9.64 Å². The van der Waals surface area contributed by atoms with Crippen molar-refractivity contribution in [3.8, 4) is 5.75 Å². The Kier molecular flexibility index (Phi) is 6.87. The van der Waals surface area contributed by atoms with Gasteiger partial charge in [-0.3, -0.25) is 4.79 Å². The number of sulfone groups is 1. The second-order valence-corrected chi connectivity index (χ2v) is 9.36. The largest absolute Gasteiger partial charge is 0.494 e. The van der Waals surface area contributed by atoms with Gasteiger partial charge >= 0.3 is 0 Å². The Morgan fingerprint density at radius 3 is 2.48 bits per heavy atom. The molecule has 1 aromatic carbocycles. The van der Waals surface area contributed by atoms with E-state index in [1.165, 1.54) is 0 Å². The molecule has 1 saturated heterocycles. The fraction of sp³-hybridized carbons (Fsp3) is 0.632. The highest BCUT2D eigenvalue weighted by Gasteiger charge is 2.35. The smallest absolute Gasteiger partial charge is 0.254 e. The second kappa shape index (κ2) is 8.70. The number of hydrogen-bond acceptors (Lipinski definition) is 4. The highest BCUT2D eigenvalue weighted by atomic mass is 32.2. The van der Waals surface area contributed by atoms with Gasteiger partial charge in [0.25, 0.3) is 5.91 Å². The maximum Gasteiger partial charge on any atom is 0.254 e. The molecule has 0 spiro atoms. The lowest BCUT2D eigenvalue weighted by molar-refractivity contribution is 0.0672. The number of hydrogen-bond donors (Lipinski definition) is 0. The van der Waals surface area contributed by atoms with Crippen molar-refractivity contribution in [3.63, 3.8) is 0 Å². The van der Waals surface area contributed by atoms with Gasteiger partial charge in [-0.25, -0.2) is 8.42 Å². The van der Waals surface area contributed by atoms with Crippen molar-refractivity contribution in [2.45, 2.75) is 46.1 Å². The van der Waals surface area contributed by atoms with Gasteiger partial charge in [-0.2, -0.15) is 0 Å². The van der Waals surface area contributed by atoms with Crippen LogP contribution < -0.4 is 4.74 Å². The summed E-state index contributed by atoms with van der Waals surface area (Å²) >= 11 is 0. The van der Waals surface area contributed by atoms with Crippen LogP contribution in [-0.2, 0) is 9.84 Å². The molecule has 0 bridgehead atoms. The van der Waals surface area contributed by atoms with Gasteiger partial charge in [0, 0.05) is 18.2 Å². The molecular formula is C19H29NO4S. The van der Waals surface area contributed by atoms with Gasteiger partial charge in [-0.1, -0.05) is 27.2 Å². The molecule has 1 aliphatic rings. The highest BCUT2D eigenvalue weighted by Crippen LogP contribution is 2.22. The van der Waals surface area contributed by atoms with Crippen molar-refractivity contribution >= 4 is 15.7 Å². The van der Waals surface area contributed by atoms with E-state index < -0.39 is 9.84 Å². The minimum absolute atomic E-state index is 0.0731. The molecule has 1 heterocycles. The lowest BCUT2D eigenvalue weighted by atomic mass is 10.1. The van der Waals surface area contributed by atoms with Crippen molar-refractivity contribution in [1.82, 2.24) is 4.90 Å². The summed E-state index contributed by atoms with van der Waals surface area (Å²) in [6.07, 6.45) is 2.60. The van der Waals surface area contributed by atoms with Crippen molar-refractivity contribution in [2.24, 2.45) is 5.92 Å². The normalized spacial score (nSPS) is 19.1. The molecule has 0 aromatic heterocycles. The number of carbonyl (C=O) groups is 1. The van der Waals surface area contributed by atoms with Crippen LogP contribution in [0, 0.1) is 5.92 Å². The maximum absolute atomic E-state index is 12.9. The summed E-state index contributed by atoms with van der Waals surface area (Å²) in [7, 11) is -3.03. The third-order valence-corrected chi connectivity index (χ3v) is 6.09. The topological polar surface area (TPSA) is 63.7 Å². The summed E-state index contributed by atoms with van der Waals surface area (Å²) in [5, 5.41) is 0. The molecule has 140 valence electrons. The maximum atomic E-state index is 12.9. The standard InChI is InChI=1S/C19H29NO4S/c1-4-5-11-24-18-8-6-16(7-9-18)19(21)20(13-15(2)3)17-10-12-25(22,23)14-17/h6-9,15,17H,4-5,10-14H2,1-3H3. The Bertz CT molecular complexity index is 667. The third kappa shape index (κ3) is 5.73. The van der Waals surface area contributed by atoms with Gasteiger partial charge in [0.1, 0.15) is 5.75 Å². The van der Waals surface area contributed by atoms with E-state index in [4.69, 9.17) is 4.74 Å². The molecule has 2 rings (SSSR count). The summed E-state index contributed by atoms with van der Waals surface area (Å²) < 4.78 is 29.2. The zero-order valence-corrected chi connectivity index (χ0v) is 16.2. The minimum atomic E-state index is -3.03. The molecule has 0 N–H and O–H groups in total. The third-order valence-electron chi connectivity index (χ3n) is 4.34. The predicted molar refractivity (Wildman–Crippen MR) is 99.8 cm³/mol. The van der Waals surface area contributed by atoms with Crippen LogP contribution in [0.2, 0.25) is 0 Å². The predicted octanol–water partition coefficient (Wildman–Crippen LogP) is 3.15. The van der Waals surface area contributed by atoms with E-state index in [-0.39, 0.29) is 29.4 Å². The van der Waals surface area contributed by atoms with Crippen LogP contribution in [0.15, 0.2) is 24.3 Å². The first-order valence-electron chi connectivity index (χ1n) is 9.06. The van der Waals surface area contributed by atoms with Crippen molar-refractivity contribution < 1.29 is 17.9 Å². The molecule has 0 saturated carbocycles. The van der Waals surface area contributed by atoms with E-state index in [1.807, 2.05) is 26.0 Å². The van der Waals surface area contributed by atoms with Crippen LogP contribution in [0.5, 0.6) is 5.75 Å². The summed E-state index contributed by atoms with van der Waals surface area (Å²) in [5.74, 6) is 1.18. The molecular weight excluding hydrogens is 338 g/mol. The van der Waals surface area contributed by atoms with Gasteiger partial charge in [-0.15, -0.1) is 0 Å². The fourth-order valence-electron chi connectivity index (χ4n) is 3.01. The number of unbranched alkanes of at least 4 members (excludes halogenated alkanes) is 1. The summed E-state index contributed by atoms with van der Waals surface area (Å²) in [6, 6.07) is 6.92. The molecule has 1 fully saturated rings. The van der Waals surface area contributed by atoms with E-state index in [1.54, 1.807) is 17.0 Å². The van der Waals surface area contributed by atoms with Gasteiger partial charge in [0.05, 0.1) is 18.1 Å². The molecule has 6 heteroatoms. The van der Waals surface area contributed by atoms with Gasteiger partial charge in [0.15, 0.2) is 9.84 Å². The molecule has 1 atom stereocenters. The molecule has 5 nitrogen and oxygen atoms in total. The Morgan fingerprint density at radius 1 is 1.28 bits per heavy atom. The molecule has 1 aliphatic heterocycles. The molecule has 1 unspecified atom stereocenters. The van der Waals surface area contributed by atoms with Crippen LogP contribution in [-0.4, -0.2) is 49.9 Å². The highest BCUT2D eigenvalue weighted by molar-refractivity contribution is 7.91. The Morgan fingerprint density at radius 2 is 1.96 bits per heavy atom. The molecule has 25 heavy (non-hydrogen) atoms. The first kappa shape index (κ1) is 19.8. The van der Waals surface area contributed by atoms with E-state index in [2.05, 4.69) is 6.92 Å². The number of ether oxygens (including phenoxy) is 1. The Hall–Kier alpha value is -1.56. The average molecular weight is 368 g/mol. The number of rotatable bonds is 8. The van der Waals surface area contributed by atoms with Gasteiger partial charge in [-0.05, 0) is 43.0 Å². The first-order valence-corrected chi connectivity index (χ1v) is 10.9. The SMILES string of the molecule is CCCCOc1ccc(C(=O)N(CC(C)C)C2CCS(=O)(=O)C2)cc1. The van der Waals surface area contributed by atoms with E-state index in [9.17, 15) is 13.2 Å². The van der Waals surface area contributed by atoms with Gasteiger partial charge in [0.2, 0.25) is 0 Å². The summed E-state index contributed by atoms with van der Waals surface area (Å²) in [6.45, 7) is 7.41. The number of amides is 1. The van der Waals surface area contributed by atoms with Crippen LogP contribution in [0.3, 0.4) is 0 Å². The van der Waals surface area contributed by atoms with Crippen LogP contribution in [0.25, 0.3) is 0 Å². The molecule has 0 aliphatic carbocycles. The summed E-state index contributed by atoms with van der Waals surface area (Å²) in [5.41, 5.74) is 0.577. The lowest BCUT2D eigenvalue weighted by Crippen LogP contribution is -2.43. The lowest BCUT2D eigenvalue weighted by Gasteiger charge is -2.30. The van der Waals surface area contributed by atoms with E-state index in [0.717, 1.165) is 18.6 Å². The van der Waals surface area contributed by atoms with Crippen molar-refractivity contribution in [2.75, 3.05) is 24.7 Å². The van der Waals surface area contributed by atoms with Crippen molar-refractivity contribution in [1.29, 1.82) is 0 Å². The van der Waals surface area contributed by atoms with E-state index in [0.29, 0.717) is 25.1 Å². The fourth-order valence-corrected chi connectivity index (χ4v) is 4.74. The Labute approximate surface area is 151 Å². The zero-order chi connectivity index (χ0) is 18.4. The molecule has 1 amide bonds.